The van der Waals surface area contributed by atoms with Gasteiger partial charge in [-0.3, -0.25) is 4.79 Å². The van der Waals surface area contributed by atoms with Gasteiger partial charge in [0.15, 0.2) is 0 Å². The number of carboxylic acid groups (broad SMARTS) is 1. The number of halogens is 1. The van der Waals surface area contributed by atoms with Gasteiger partial charge in [-0.15, -0.1) is 0 Å². The normalized spacial score (nSPS) is 16.3. The van der Waals surface area contributed by atoms with Crippen LogP contribution >= 0.6 is 0 Å². The van der Waals surface area contributed by atoms with E-state index in [2.05, 4.69) is 5.32 Å². The van der Waals surface area contributed by atoms with Gasteiger partial charge < -0.3 is 10.4 Å². The number of carboxylic acids is 1. The van der Waals surface area contributed by atoms with Crippen molar-refractivity contribution in [3.05, 3.63) is 35.6 Å². The van der Waals surface area contributed by atoms with Crippen molar-refractivity contribution in [2.75, 3.05) is 0 Å². The summed E-state index contributed by atoms with van der Waals surface area (Å²) in [6, 6.07) is 5.70. The third-order valence-corrected chi connectivity index (χ3v) is 2.79. The first-order valence-corrected chi connectivity index (χ1v) is 5.31. The Labute approximate surface area is 97.4 Å². The number of benzene rings is 1. The van der Waals surface area contributed by atoms with Crippen LogP contribution in [0.5, 0.6) is 0 Å². The second-order valence-electron chi connectivity index (χ2n) is 4.24. The molecule has 1 saturated carbocycles. The van der Waals surface area contributed by atoms with Gasteiger partial charge >= 0.3 is 5.97 Å². The molecule has 90 valence electrons. The maximum atomic E-state index is 12.9. The van der Waals surface area contributed by atoms with Gasteiger partial charge in [0.1, 0.15) is 11.4 Å². The van der Waals surface area contributed by atoms with Crippen LogP contribution in [0.25, 0.3) is 0 Å². The van der Waals surface area contributed by atoms with Crippen LogP contribution in [0, 0.1) is 5.82 Å². The first kappa shape index (κ1) is 11.6. The van der Waals surface area contributed by atoms with E-state index in [9.17, 15) is 14.0 Å². The van der Waals surface area contributed by atoms with E-state index in [-0.39, 0.29) is 6.42 Å². The molecule has 2 N–H and O–H groups in total. The Morgan fingerprint density at radius 2 is 2.12 bits per heavy atom. The molecular weight excluding hydrogens is 225 g/mol. The lowest BCUT2D eigenvalue weighted by molar-refractivity contribution is -0.143. The van der Waals surface area contributed by atoms with Crippen molar-refractivity contribution in [1.82, 2.24) is 5.32 Å². The van der Waals surface area contributed by atoms with Gasteiger partial charge in [-0.05, 0) is 30.5 Å². The molecule has 0 spiro atoms. The van der Waals surface area contributed by atoms with E-state index < -0.39 is 23.2 Å². The van der Waals surface area contributed by atoms with Crippen molar-refractivity contribution in [3.8, 4) is 0 Å². The van der Waals surface area contributed by atoms with E-state index in [4.69, 9.17) is 5.11 Å². The Morgan fingerprint density at radius 3 is 2.65 bits per heavy atom. The summed E-state index contributed by atoms with van der Waals surface area (Å²) in [6.45, 7) is 0. The summed E-state index contributed by atoms with van der Waals surface area (Å²) in [5.74, 6) is -1.81. The fourth-order valence-corrected chi connectivity index (χ4v) is 1.66. The van der Waals surface area contributed by atoms with E-state index >= 15 is 0 Å². The first-order valence-electron chi connectivity index (χ1n) is 5.31. The molecular formula is C12H12FNO3. The number of carbonyl (C=O) groups is 2. The summed E-state index contributed by atoms with van der Waals surface area (Å²) in [5, 5.41) is 11.4. The summed E-state index contributed by atoms with van der Waals surface area (Å²) in [4.78, 5) is 22.4. The van der Waals surface area contributed by atoms with Crippen molar-refractivity contribution in [2.45, 2.75) is 24.8 Å². The maximum Gasteiger partial charge on any atom is 0.329 e. The molecule has 1 fully saturated rings. The minimum Gasteiger partial charge on any atom is -0.480 e. The lowest BCUT2D eigenvalue weighted by atomic mass is 10.1. The van der Waals surface area contributed by atoms with E-state index in [1.54, 1.807) is 6.07 Å². The second-order valence-corrected chi connectivity index (χ2v) is 4.24. The molecule has 2 rings (SSSR count). The molecule has 1 amide bonds. The van der Waals surface area contributed by atoms with Gasteiger partial charge in [0, 0.05) is 0 Å². The van der Waals surface area contributed by atoms with Crippen molar-refractivity contribution in [3.63, 3.8) is 0 Å². The number of amides is 1. The summed E-state index contributed by atoms with van der Waals surface area (Å²) < 4.78 is 12.9. The number of hydrogen-bond acceptors (Lipinski definition) is 2. The molecule has 1 aliphatic rings. The van der Waals surface area contributed by atoms with Gasteiger partial charge in [0.2, 0.25) is 5.91 Å². The van der Waals surface area contributed by atoms with Crippen LogP contribution in [0.4, 0.5) is 4.39 Å². The number of aliphatic carboxylic acids is 1. The predicted octanol–water partition coefficient (Wildman–Crippen LogP) is 1.10. The summed E-state index contributed by atoms with van der Waals surface area (Å²) in [5.41, 5.74) is -0.548. The van der Waals surface area contributed by atoms with Gasteiger partial charge in [-0.25, -0.2) is 9.18 Å². The molecule has 17 heavy (non-hydrogen) atoms. The zero-order valence-corrected chi connectivity index (χ0v) is 9.07. The molecule has 0 heterocycles. The van der Waals surface area contributed by atoms with E-state index in [1.807, 2.05) is 0 Å². The van der Waals surface area contributed by atoms with Crippen molar-refractivity contribution in [1.29, 1.82) is 0 Å². The molecule has 0 aromatic heterocycles. The SMILES string of the molecule is O=C(Cc1cccc(F)c1)NC1(C(=O)O)CC1. The number of nitrogens with one attached hydrogen (secondary N) is 1. The molecule has 0 saturated heterocycles. The van der Waals surface area contributed by atoms with Crippen LogP contribution in [0.2, 0.25) is 0 Å². The predicted molar refractivity (Wildman–Crippen MR) is 57.8 cm³/mol. The fourth-order valence-electron chi connectivity index (χ4n) is 1.66. The third kappa shape index (κ3) is 2.61. The maximum absolute atomic E-state index is 12.9. The Morgan fingerprint density at radius 1 is 1.41 bits per heavy atom. The monoisotopic (exact) mass is 237 g/mol. The molecule has 1 aromatic rings. The summed E-state index contributed by atoms with van der Waals surface area (Å²) in [7, 11) is 0. The molecule has 0 radical (unpaired) electrons. The smallest absolute Gasteiger partial charge is 0.329 e. The van der Waals surface area contributed by atoms with Gasteiger partial charge in [0.05, 0.1) is 6.42 Å². The third-order valence-electron chi connectivity index (χ3n) is 2.79. The highest BCUT2D eigenvalue weighted by molar-refractivity contribution is 5.90. The minimum absolute atomic E-state index is 0.00715. The zero-order chi connectivity index (χ0) is 12.5. The van der Waals surface area contributed by atoms with Crippen molar-refractivity contribution in [2.24, 2.45) is 0 Å². The molecule has 1 aliphatic carbocycles. The van der Waals surface area contributed by atoms with Crippen LogP contribution in [-0.2, 0) is 16.0 Å². The Kier molecular flexibility index (Phi) is 2.83. The minimum atomic E-state index is -1.08. The molecule has 1 aromatic carbocycles. The fraction of sp³-hybridized carbons (Fsp3) is 0.333. The zero-order valence-electron chi connectivity index (χ0n) is 9.07. The van der Waals surface area contributed by atoms with Crippen LogP contribution in [0.15, 0.2) is 24.3 Å². The number of rotatable bonds is 4. The molecule has 0 bridgehead atoms. The van der Waals surface area contributed by atoms with Crippen LogP contribution in [-0.4, -0.2) is 22.5 Å². The molecule has 0 aliphatic heterocycles. The van der Waals surface area contributed by atoms with Crippen LogP contribution in [0.1, 0.15) is 18.4 Å². The Bertz CT molecular complexity index is 469. The summed E-state index contributed by atoms with van der Waals surface area (Å²) in [6.07, 6.45) is 0.904. The van der Waals surface area contributed by atoms with Crippen molar-refractivity contribution < 1.29 is 19.1 Å². The highest BCUT2D eigenvalue weighted by Gasteiger charge is 2.51. The van der Waals surface area contributed by atoms with Crippen LogP contribution < -0.4 is 5.32 Å². The molecule has 4 nitrogen and oxygen atoms in total. The largest absolute Gasteiger partial charge is 0.480 e. The quantitative estimate of drug-likeness (QED) is 0.824. The van der Waals surface area contributed by atoms with Crippen molar-refractivity contribution >= 4 is 11.9 Å². The Hall–Kier alpha value is -1.91. The average molecular weight is 237 g/mol. The lowest BCUT2D eigenvalue weighted by Gasteiger charge is -2.12. The number of carbonyl (C=O) groups excluding carboxylic acids is 1. The van der Waals surface area contributed by atoms with E-state index in [1.165, 1.54) is 18.2 Å². The highest BCUT2D eigenvalue weighted by Crippen LogP contribution is 2.35. The second kappa shape index (κ2) is 4.16. The highest BCUT2D eigenvalue weighted by atomic mass is 19.1. The number of hydrogen-bond donors (Lipinski definition) is 2. The first-order chi connectivity index (χ1) is 8.02. The lowest BCUT2D eigenvalue weighted by Crippen LogP contribution is -2.43. The summed E-state index contributed by atoms with van der Waals surface area (Å²) >= 11 is 0. The standard InChI is InChI=1S/C12H12FNO3/c13-9-3-1-2-8(6-9)7-10(15)14-12(4-5-12)11(16)17/h1-3,6H,4-5,7H2,(H,14,15)(H,16,17). The Balaban J connectivity index is 1.96. The van der Waals surface area contributed by atoms with Gasteiger partial charge in [-0.2, -0.15) is 0 Å². The van der Waals surface area contributed by atoms with Gasteiger partial charge in [-0.1, -0.05) is 12.1 Å². The molecule has 0 atom stereocenters. The molecule has 5 heteroatoms. The topological polar surface area (TPSA) is 66.4 Å². The molecule has 0 unspecified atom stereocenters. The van der Waals surface area contributed by atoms with E-state index in [0.29, 0.717) is 18.4 Å². The van der Waals surface area contributed by atoms with E-state index in [0.717, 1.165) is 0 Å². The van der Waals surface area contributed by atoms with Gasteiger partial charge in [0.25, 0.3) is 0 Å². The van der Waals surface area contributed by atoms with Crippen LogP contribution in [0.3, 0.4) is 0 Å². The average Bonchev–Trinajstić information content (AvgIpc) is 2.98.